The van der Waals surface area contributed by atoms with Crippen molar-refractivity contribution in [2.24, 2.45) is 5.92 Å². The van der Waals surface area contributed by atoms with Crippen molar-refractivity contribution in [3.8, 4) is 11.1 Å². The van der Waals surface area contributed by atoms with Crippen LogP contribution in [-0.2, 0) is 12.8 Å². The van der Waals surface area contributed by atoms with Gasteiger partial charge in [-0.05, 0) is 55.2 Å². The maximum atomic E-state index is 14.8. The Bertz CT molecular complexity index is 734. The zero-order valence-electron chi connectivity index (χ0n) is 12.9. The van der Waals surface area contributed by atoms with Crippen LogP contribution in [0.2, 0.25) is 0 Å². The van der Waals surface area contributed by atoms with Crippen LogP contribution >= 0.6 is 0 Å². The molecule has 0 N–H and O–H groups in total. The molecule has 0 heterocycles. The van der Waals surface area contributed by atoms with Crippen molar-refractivity contribution < 1.29 is 13.2 Å². The zero-order valence-corrected chi connectivity index (χ0v) is 12.9. The minimum absolute atomic E-state index is 0.0147. The number of benzene rings is 2. The van der Waals surface area contributed by atoms with Crippen molar-refractivity contribution in [1.29, 1.82) is 0 Å². The highest BCUT2D eigenvalue weighted by Crippen LogP contribution is 2.35. The molecule has 0 radical (unpaired) electrons. The fourth-order valence-corrected chi connectivity index (χ4v) is 3.40. The molecule has 1 unspecified atom stereocenters. The normalized spacial score (nSPS) is 16.9. The van der Waals surface area contributed by atoms with E-state index in [0.717, 1.165) is 37.3 Å². The van der Waals surface area contributed by atoms with Gasteiger partial charge in [0, 0.05) is 11.1 Å². The summed E-state index contributed by atoms with van der Waals surface area (Å²) in [6.45, 7) is 3.74. The van der Waals surface area contributed by atoms with E-state index >= 15 is 0 Å². The van der Waals surface area contributed by atoms with Gasteiger partial charge in [-0.15, -0.1) is 6.58 Å². The van der Waals surface area contributed by atoms with Crippen LogP contribution in [-0.4, -0.2) is 0 Å². The molecule has 0 aromatic heterocycles. The van der Waals surface area contributed by atoms with Gasteiger partial charge in [-0.3, -0.25) is 0 Å². The third-order valence-corrected chi connectivity index (χ3v) is 4.67. The number of fused-ring (bicyclic) bond motifs is 1. The number of hydrogen-bond acceptors (Lipinski definition) is 0. The molecule has 0 bridgehead atoms. The van der Waals surface area contributed by atoms with Crippen LogP contribution in [0.4, 0.5) is 13.2 Å². The second-order valence-corrected chi connectivity index (χ2v) is 6.14. The Morgan fingerprint density at radius 1 is 1.04 bits per heavy atom. The monoisotopic (exact) mass is 316 g/mol. The maximum absolute atomic E-state index is 14.8. The van der Waals surface area contributed by atoms with Crippen molar-refractivity contribution in [2.45, 2.75) is 32.1 Å². The van der Waals surface area contributed by atoms with E-state index in [9.17, 15) is 13.2 Å². The molecule has 0 amide bonds. The van der Waals surface area contributed by atoms with Crippen LogP contribution in [0.1, 0.15) is 30.4 Å². The largest absolute Gasteiger partial charge is 0.206 e. The van der Waals surface area contributed by atoms with Gasteiger partial charge >= 0.3 is 0 Å². The Labute approximate surface area is 134 Å². The lowest BCUT2D eigenvalue weighted by molar-refractivity contribution is 0.422. The van der Waals surface area contributed by atoms with Gasteiger partial charge in [-0.2, -0.15) is 0 Å². The van der Waals surface area contributed by atoms with Crippen molar-refractivity contribution in [3.63, 3.8) is 0 Å². The summed E-state index contributed by atoms with van der Waals surface area (Å²) in [7, 11) is 0. The molecule has 2 aromatic carbocycles. The van der Waals surface area contributed by atoms with E-state index in [1.165, 1.54) is 12.1 Å². The summed E-state index contributed by atoms with van der Waals surface area (Å²) in [5, 5.41) is 0. The second kappa shape index (κ2) is 6.61. The molecule has 1 aliphatic carbocycles. The van der Waals surface area contributed by atoms with E-state index in [-0.39, 0.29) is 11.1 Å². The number of rotatable bonds is 4. The molecule has 1 aliphatic rings. The van der Waals surface area contributed by atoms with E-state index in [1.54, 1.807) is 6.07 Å². The minimum Gasteiger partial charge on any atom is -0.206 e. The van der Waals surface area contributed by atoms with Gasteiger partial charge in [0.2, 0.25) is 0 Å². The van der Waals surface area contributed by atoms with Crippen LogP contribution < -0.4 is 0 Å². The highest BCUT2D eigenvalue weighted by Gasteiger charge is 2.24. The molecular formula is C20H19F3. The molecule has 2 aromatic rings. The Hall–Kier alpha value is -2.03. The SMILES string of the molecule is C=CCCC1CCc2c(ccc(-c3cccc(F)c3F)c2F)C1. The highest BCUT2D eigenvalue weighted by atomic mass is 19.2. The first-order valence-corrected chi connectivity index (χ1v) is 7.97. The fraction of sp³-hybridized carbons (Fsp3) is 0.300. The van der Waals surface area contributed by atoms with E-state index < -0.39 is 17.5 Å². The van der Waals surface area contributed by atoms with Gasteiger partial charge < -0.3 is 0 Å². The minimum atomic E-state index is -0.994. The average molecular weight is 316 g/mol. The summed E-state index contributed by atoms with van der Waals surface area (Å²) in [6, 6.07) is 7.29. The number of allylic oxidation sites excluding steroid dienone is 1. The maximum Gasteiger partial charge on any atom is 0.166 e. The molecule has 3 heteroatoms. The molecule has 0 saturated heterocycles. The summed E-state index contributed by atoms with van der Waals surface area (Å²) in [5.74, 6) is -1.82. The van der Waals surface area contributed by atoms with E-state index in [0.29, 0.717) is 17.9 Å². The Kier molecular flexibility index (Phi) is 4.56. The second-order valence-electron chi connectivity index (χ2n) is 6.14. The van der Waals surface area contributed by atoms with Gasteiger partial charge in [0.1, 0.15) is 5.82 Å². The molecule has 23 heavy (non-hydrogen) atoms. The third kappa shape index (κ3) is 3.05. The predicted octanol–water partition coefficient (Wildman–Crippen LogP) is 5.84. The third-order valence-electron chi connectivity index (χ3n) is 4.67. The average Bonchev–Trinajstić information content (AvgIpc) is 2.56. The topological polar surface area (TPSA) is 0 Å². The van der Waals surface area contributed by atoms with Crippen molar-refractivity contribution >= 4 is 0 Å². The van der Waals surface area contributed by atoms with Gasteiger partial charge in [0.05, 0.1) is 0 Å². The number of halogens is 3. The zero-order chi connectivity index (χ0) is 16.4. The molecule has 0 fully saturated rings. The molecule has 0 aliphatic heterocycles. The van der Waals surface area contributed by atoms with Gasteiger partial charge in [-0.25, -0.2) is 13.2 Å². The summed E-state index contributed by atoms with van der Waals surface area (Å²) in [5.41, 5.74) is 1.77. The first-order chi connectivity index (χ1) is 11.1. The highest BCUT2D eigenvalue weighted by molar-refractivity contribution is 5.67. The van der Waals surface area contributed by atoms with Crippen LogP contribution in [0.3, 0.4) is 0 Å². The smallest absolute Gasteiger partial charge is 0.166 e. The van der Waals surface area contributed by atoms with Crippen LogP contribution in [0.15, 0.2) is 43.0 Å². The van der Waals surface area contributed by atoms with Gasteiger partial charge in [-0.1, -0.05) is 30.3 Å². The molecule has 0 saturated carbocycles. The van der Waals surface area contributed by atoms with E-state index in [4.69, 9.17) is 0 Å². The lowest BCUT2D eigenvalue weighted by atomic mass is 9.80. The Morgan fingerprint density at radius 3 is 2.61 bits per heavy atom. The Balaban J connectivity index is 1.95. The molecule has 0 spiro atoms. The molecule has 0 nitrogen and oxygen atoms in total. The molecule has 120 valence electrons. The summed E-state index contributed by atoms with van der Waals surface area (Å²) >= 11 is 0. The van der Waals surface area contributed by atoms with Crippen molar-refractivity contribution in [1.82, 2.24) is 0 Å². The lowest BCUT2D eigenvalue weighted by Crippen LogP contribution is -2.16. The quantitative estimate of drug-likeness (QED) is 0.621. The van der Waals surface area contributed by atoms with Crippen LogP contribution in [0.5, 0.6) is 0 Å². The first-order valence-electron chi connectivity index (χ1n) is 7.97. The van der Waals surface area contributed by atoms with Crippen molar-refractivity contribution in [3.05, 3.63) is 71.6 Å². The first kappa shape index (κ1) is 15.9. The van der Waals surface area contributed by atoms with E-state index in [2.05, 4.69) is 6.58 Å². The van der Waals surface area contributed by atoms with Crippen molar-refractivity contribution in [2.75, 3.05) is 0 Å². The lowest BCUT2D eigenvalue weighted by Gasteiger charge is -2.25. The standard InChI is InChI=1S/C20H19F3/c1-2-3-5-13-8-10-15-14(12-13)9-11-17(19(15)22)16-6-4-7-18(21)20(16)23/h2,4,6-7,9,11,13H,1,3,5,8,10,12H2. The molecule has 3 rings (SSSR count). The fourth-order valence-electron chi connectivity index (χ4n) is 3.40. The summed E-state index contributed by atoms with van der Waals surface area (Å²) in [4.78, 5) is 0. The van der Waals surface area contributed by atoms with Gasteiger partial charge in [0.25, 0.3) is 0 Å². The molecular weight excluding hydrogens is 297 g/mol. The molecule has 1 atom stereocenters. The van der Waals surface area contributed by atoms with Gasteiger partial charge in [0.15, 0.2) is 11.6 Å². The number of hydrogen-bond donors (Lipinski definition) is 0. The van der Waals surface area contributed by atoms with Crippen LogP contribution in [0.25, 0.3) is 11.1 Å². The summed E-state index contributed by atoms with van der Waals surface area (Å²) < 4.78 is 42.2. The summed E-state index contributed by atoms with van der Waals surface area (Å²) in [6.07, 6.45) is 6.35. The van der Waals surface area contributed by atoms with E-state index in [1.807, 2.05) is 12.1 Å². The van der Waals surface area contributed by atoms with Crippen LogP contribution in [0, 0.1) is 23.4 Å². The Morgan fingerprint density at radius 2 is 1.83 bits per heavy atom. The predicted molar refractivity (Wildman–Crippen MR) is 86.7 cm³/mol.